The molecule has 0 N–H and O–H groups in total. The lowest BCUT2D eigenvalue weighted by atomic mass is 9.82. The van der Waals surface area contributed by atoms with Gasteiger partial charge >= 0.3 is 0 Å². The van der Waals surface area contributed by atoms with E-state index in [-0.39, 0.29) is 0 Å². The average molecular weight is 859 g/mol. The van der Waals surface area contributed by atoms with Crippen molar-refractivity contribution in [3.05, 3.63) is 180 Å². The van der Waals surface area contributed by atoms with Gasteiger partial charge in [0.05, 0.1) is 0 Å². The molecule has 0 saturated heterocycles. The highest BCUT2D eigenvalue weighted by Crippen LogP contribution is 2.54. The third-order valence-electron chi connectivity index (χ3n) is 14.1. The van der Waals surface area contributed by atoms with E-state index in [1.54, 1.807) is 0 Å². The monoisotopic (exact) mass is 858 g/mol. The standard InChI is InChI=1S/C62H50S2/c1-7-37-19-15-17-25-41(37)47-29-55-60-52(32-54-50-28-44(36(5)6)46(34-58(50)63-61(54)55)40-23-13-10-14-24-40)48(42-26-18-16-20-38(42)8-2)30-56-59(60)51(47)31-53-49-27-43(35(3)4)45(33-57(49)64-62(53)56)39-21-11-9-12-22-39/h9-36H,7-8H2,1-6H3. The van der Waals surface area contributed by atoms with E-state index in [1.165, 1.54) is 139 Å². The molecule has 0 aliphatic rings. The first-order valence-electron chi connectivity index (χ1n) is 23.2. The molecule has 0 amide bonds. The number of hydrogen-bond donors (Lipinski definition) is 0. The fourth-order valence-electron chi connectivity index (χ4n) is 11.0. The second-order valence-corrected chi connectivity index (χ2v) is 20.5. The number of thiophene rings is 2. The topological polar surface area (TPSA) is 0 Å². The van der Waals surface area contributed by atoms with E-state index in [4.69, 9.17) is 0 Å². The van der Waals surface area contributed by atoms with Crippen molar-refractivity contribution in [2.75, 3.05) is 0 Å². The Labute approximate surface area is 383 Å². The van der Waals surface area contributed by atoms with Crippen LogP contribution in [0.15, 0.2) is 158 Å². The van der Waals surface area contributed by atoms with Crippen LogP contribution in [0.4, 0.5) is 0 Å². The molecule has 0 fully saturated rings. The predicted molar refractivity (Wildman–Crippen MR) is 285 cm³/mol. The van der Waals surface area contributed by atoms with Gasteiger partial charge in [0.2, 0.25) is 0 Å². The predicted octanol–water partition coefficient (Wildman–Crippen LogP) is 19.4. The summed E-state index contributed by atoms with van der Waals surface area (Å²) in [6.07, 6.45) is 1.95. The van der Waals surface area contributed by atoms with Gasteiger partial charge in [-0.25, -0.2) is 0 Å². The van der Waals surface area contributed by atoms with Crippen LogP contribution in [0.1, 0.15) is 75.6 Å². The van der Waals surface area contributed by atoms with E-state index in [0.29, 0.717) is 11.8 Å². The zero-order valence-electron chi connectivity index (χ0n) is 37.4. The van der Waals surface area contributed by atoms with E-state index in [1.807, 2.05) is 22.7 Å². The van der Waals surface area contributed by atoms with Crippen LogP contribution < -0.4 is 0 Å². The summed E-state index contributed by atoms with van der Waals surface area (Å²) in [6.45, 7) is 14.0. The highest BCUT2D eigenvalue weighted by atomic mass is 32.1. The summed E-state index contributed by atoms with van der Waals surface area (Å²) < 4.78 is 5.46. The second kappa shape index (κ2) is 15.2. The minimum Gasteiger partial charge on any atom is -0.135 e. The zero-order chi connectivity index (χ0) is 43.4. The van der Waals surface area contributed by atoms with Gasteiger partial charge in [0, 0.05) is 51.1 Å². The molecule has 0 nitrogen and oxygen atoms in total. The van der Waals surface area contributed by atoms with Crippen LogP contribution in [-0.2, 0) is 12.8 Å². The second-order valence-electron chi connectivity index (χ2n) is 18.4. The van der Waals surface area contributed by atoms with Gasteiger partial charge in [-0.2, -0.15) is 0 Å². The summed E-state index contributed by atoms with van der Waals surface area (Å²) in [5, 5.41) is 13.7. The van der Waals surface area contributed by atoms with Crippen LogP contribution in [0.3, 0.4) is 0 Å². The van der Waals surface area contributed by atoms with Crippen LogP contribution in [-0.4, -0.2) is 0 Å². The summed E-state index contributed by atoms with van der Waals surface area (Å²) in [4.78, 5) is 0. The molecule has 0 aliphatic heterocycles. The minimum atomic E-state index is 0.382. The number of hydrogen-bond acceptors (Lipinski definition) is 2. The lowest BCUT2D eigenvalue weighted by molar-refractivity contribution is 0.871. The molecule has 0 radical (unpaired) electrons. The van der Waals surface area contributed by atoms with Crippen LogP contribution in [0.25, 0.3) is 117 Å². The van der Waals surface area contributed by atoms with E-state index in [0.717, 1.165) is 12.8 Å². The van der Waals surface area contributed by atoms with Gasteiger partial charge in [-0.1, -0.05) is 151 Å². The molecule has 0 atom stereocenters. The minimum absolute atomic E-state index is 0.382. The molecule has 0 saturated carbocycles. The van der Waals surface area contributed by atoms with Gasteiger partial charge < -0.3 is 0 Å². The summed E-state index contributed by atoms with van der Waals surface area (Å²) in [5.41, 5.74) is 16.2. The Kier molecular flexibility index (Phi) is 9.30. The number of aryl methyl sites for hydroxylation is 2. The van der Waals surface area contributed by atoms with E-state index in [9.17, 15) is 0 Å². The van der Waals surface area contributed by atoms with Crippen LogP contribution >= 0.6 is 22.7 Å². The van der Waals surface area contributed by atoms with Gasteiger partial charge in [0.1, 0.15) is 0 Å². The van der Waals surface area contributed by atoms with Gasteiger partial charge in [-0.15, -0.1) is 22.7 Å². The molecule has 0 spiro atoms. The molecule has 2 heterocycles. The van der Waals surface area contributed by atoms with Crippen molar-refractivity contribution in [2.24, 2.45) is 0 Å². The smallest absolute Gasteiger partial charge is 0.0434 e. The van der Waals surface area contributed by atoms with Crippen LogP contribution in [0.5, 0.6) is 0 Å². The summed E-state index contributed by atoms with van der Waals surface area (Å²) in [6, 6.07) is 60.7. The number of fused-ring (bicyclic) bond motifs is 8. The van der Waals surface area contributed by atoms with Crippen LogP contribution in [0.2, 0.25) is 0 Å². The first-order valence-corrected chi connectivity index (χ1v) is 24.8. The molecule has 10 aromatic carbocycles. The SMILES string of the molecule is CCc1ccccc1-c1cc2c3sc4cc(-c5ccccc5)c(C(C)C)cc4c3cc3c(-c4ccccc4CC)cc4c5sc6cc(-c7ccccc7)c(C(C)C)cc6c5cc1c4c32. The quantitative estimate of drug-likeness (QED) is 0.134. The van der Waals surface area contributed by atoms with Gasteiger partial charge in [0.15, 0.2) is 0 Å². The maximum atomic E-state index is 2.60. The summed E-state index contributed by atoms with van der Waals surface area (Å²) in [7, 11) is 0. The highest BCUT2D eigenvalue weighted by Gasteiger charge is 2.26. The van der Waals surface area contributed by atoms with Crippen molar-refractivity contribution < 1.29 is 0 Å². The summed E-state index contributed by atoms with van der Waals surface area (Å²) >= 11 is 3.96. The van der Waals surface area contributed by atoms with Crippen LogP contribution in [0, 0.1) is 0 Å². The molecule has 0 unspecified atom stereocenters. The van der Waals surface area contributed by atoms with E-state index < -0.39 is 0 Å². The Morgan fingerprint density at radius 3 is 1.12 bits per heavy atom. The Bertz CT molecular complexity index is 3530. The molecular weight excluding hydrogens is 809 g/mol. The molecule has 2 heteroatoms. The number of rotatable bonds is 8. The lowest BCUT2D eigenvalue weighted by Gasteiger charge is -2.21. The molecule has 310 valence electrons. The van der Waals surface area contributed by atoms with Crippen molar-refractivity contribution in [2.45, 2.75) is 66.2 Å². The highest BCUT2D eigenvalue weighted by molar-refractivity contribution is 7.27. The van der Waals surface area contributed by atoms with Crippen molar-refractivity contribution in [3.63, 3.8) is 0 Å². The maximum Gasteiger partial charge on any atom is 0.0434 e. The third-order valence-corrected chi connectivity index (χ3v) is 16.5. The Balaban J connectivity index is 1.30. The molecule has 12 aromatic rings. The Morgan fingerprint density at radius 2 is 0.734 bits per heavy atom. The average Bonchev–Trinajstić information content (AvgIpc) is 3.89. The van der Waals surface area contributed by atoms with Crippen molar-refractivity contribution >= 4 is 95.3 Å². The fourth-order valence-corrected chi connectivity index (χ4v) is 13.4. The molecule has 64 heavy (non-hydrogen) atoms. The van der Waals surface area contributed by atoms with Gasteiger partial charge in [-0.3, -0.25) is 0 Å². The Morgan fingerprint density at radius 1 is 0.344 bits per heavy atom. The van der Waals surface area contributed by atoms with Crippen molar-refractivity contribution in [3.8, 4) is 44.5 Å². The summed E-state index contributed by atoms with van der Waals surface area (Å²) in [5.74, 6) is 0.765. The van der Waals surface area contributed by atoms with Gasteiger partial charge in [-0.05, 0) is 162 Å². The van der Waals surface area contributed by atoms with Crippen molar-refractivity contribution in [1.29, 1.82) is 0 Å². The first-order chi connectivity index (χ1) is 31.3. The van der Waals surface area contributed by atoms with E-state index in [2.05, 4.69) is 199 Å². The molecule has 12 rings (SSSR count). The Hall–Kier alpha value is -6.32. The molecule has 0 aliphatic carbocycles. The third kappa shape index (κ3) is 5.92. The molecule has 2 aromatic heterocycles. The first kappa shape index (κ1) is 39.3. The normalized spacial score (nSPS) is 12.3. The zero-order valence-corrected chi connectivity index (χ0v) is 39.0. The lowest BCUT2D eigenvalue weighted by Crippen LogP contribution is -1.95. The molecule has 0 bridgehead atoms. The number of benzene rings is 10. The molecular formula is C62H50S2. The van der Waals surface area contributed by atoms with Crippen molar-refractivity contribution in [1.82, 2.24) is 0 Å². The van der Waals surface area contributed by atoms with Gasteiger partial charge in [0.25, 0.3) is 0 Å². The van der Waals surface area contributed by atoms with E-state index >= 15 is 0 Å². The fraction of sp³-hybridized carbons (Fsp3) is 0.161. The maximum absolute atomic E-state index is 2.60. The largest absolute Gasteiger partial charge is 0.135 e.